The van der Waals surface area contributed by atoms with Gasteiger partial charge < -0.3 is 5.32 Å². The molecule has 0 saturated carbocycles. The molecule has 1 aromatic rings. The van der Waals surface area contributed by atoms with Gasteiger partial charge in [-0.15, -0.1) is 0 Å². The van der Waals surface area contributed by atoms with Gasteiger partial charge in [0.1, 0.15) is 0 Å². The van der Waals surface area contributed by atoms with Gasteiger partial charge in [-0.3, -0.25) is 0 Å². The lowest BCUT2D eigenvalue weighted by Crippen LogP contribution is -2.16. The van der Waals surface area contributed by atoms with Gasteiger partial charge in [0, 0.05) is 4.47 Å². The molecule has 0 saturated heterocycles. The highest BCUT2D eigenvalue weighted by Crippen LogP contribution is 2.28. The van der Waals surface area contributed by atoms with Crippen molar-refractivity contribution >= 4 is 27.5 Å². The maximum atomic E-state index is 6.02. The molecule has 0 aliphatic rings. The quantitative estimate of drug-likeness (QED) is 0.823. The summed E-state index contributed by atoms with van der Waals surface area (Å²) in [6, 6.07) is 6.10. The van der Waals surface area contributed by atoms with Crippen molar-refractivity contribution in [2.45, 2.75) is 13.0 Å². The van der Waals surface area contributed by atoms with Crippen LogP contribution in [0.4, 0.5) is 0 Å². The molecule has 0 aliphatic heterocycles. The fourth-order valence-electron chi connectivity index (χ4n) is 1.39. The molecule has 0 aromatic heterocycles. The molecule has 1 unspecified atom stereocenters. The van der Waals surface area contributed by atoms with E-state index in [0.29, 0.717) is 0 Å². The Balaban J connectivity index is 3.06. The van der Waals surface area contributed by atoms with E-state index >= 15 is 0 Å². The lowest BCUT2D eigenvalue weighted by atomic mass is 10.0. The molecule has 1 atom stereocenters. The van der Waals surface area contributed by atoms with Crippen molar-refractivity contribution < 1.29 is 0 Å². The first-order valence-electron chi connectivity index (χ1n) is 4.34. The van der Waals surface area contributed by atoms with Crippen LogP contribution >= 0.6 is 27.5 Å². The lowest BCUT2D eigenvalue weighted by molar-refractivity contribution is 0.680. The normalized spacial score (nSPS) is 12.6. The maximum absolute atomic E-state index is 6.02. The van der Waals surface area contributed by atoms with Crippen molar-refractivity contribution in [3.05, 3.63) is 45.4 Å². The fraction of sp³-hybridized carbons (Fsp3) is 0.273. The molecule has 1 aromatic carbocycles. The summed E-state index contributed by atoms with van der Waals surface area (Å²) in [7, 11) is 1.91. The molecule has 1 N–H and O–H groups in total. The van der Waals surface area contributed by atoms with Gasteiger partial charge in [0.25, 0.3) is 0 Å². The van der Waals surface area contributed by atoms with E-state index in [0.717, 1.165) is 20.6 Å². The summed E-state index contributed by atoms with van der Waals surface area (Å²) in [6.45, 7) is 5.93. The highest BCUT2D eigenvalue weighted by Gasteiger charge is 2.10. The Morgan fingerprint density at radius 2 is 2.21 bits per heavy atom. The van der Waals surface area contributed by atoms with Crippen molar-refractivity contribution in [1.82, 2.24) is 5.32 Å². The second kappa shape index (κ2) is 4.96. The number of nitrogens with one attached hydrogen (secondary N) is 1. The minimum Gasteiger partial charge on any atom is -0.310 e. The third-order valence-corrected chi connectivity index (χ3v) is 3.29. The van der Waals surface area contributed by atoms with Gasteiger partial charge in [-0.25, -0.2) is 0 Å². The second-order valence-electron chi connectivity index (χ2n) is 3.24. The zero-order chi connectivity index (χ0) is 10.7. The molecule has 0 aliphatic carbocycles. The highest BCUT2D eigenvalue weighted by atomic mass is 79.9. The molecular formula is C11H13BrClN. The topological polar surface area (TPSA) is 12.0 Å². The zero-order valence-electron chi connectivity index (χ0n) is 8.27. The Labute approximate surface area is 98.3 Å². The maximum Gasteiger partial charge on any atom is 0.0551 e. The molecule has 0 heterocycles. The Morgan fingerprint density at radius 3 is 2.64 bits per heavy atom. The lowest BCUT2D eigenvalue weighted by Gasteiger charge is -2.17. The Kier molecular flexibility index (Phi) is 4.17. The minimum atomic E-state index is 0.167. The number of hydrogen-bond donors (Lipinski definition) is 1. The van der Waals surface area contributed by atoms with Gasteiger partial charge in [-0.05, 0) is 47.6 Å². The van der Waals surface area contributed by atoms with E-state index in [1.807, 2.05) is 32.2 Å². The smallest absolute Gasteiger partial charge is 0.0551 e. The fourth-order valence-corrected chi connectivity index (χ4v) is 1.83. The van der Waals surface area contributed by atoms with Crippen LogP contribution in [0.15, 0.2) is 34.8 Å². The predicted octanol–water partition coefficient (Wildman–Crippen LogP) is 3.94. The predicted molar refractivity (Wildman–Crippen MR) is 65.8 cm³/mol. The SMILES string of the molecule is C=C(C)C(NC)c1ccc(Br)c(Cl)c1. The summed E-state index contributed by atoms with van der Waals surface area (Å²) in [4.78, 5) is 0. The van der Waals surface area contributed by atoms with E-state index in [-0.39, 0.29) is 6.04 Å². The zero-order valence-corrected chi connectivity index (χ0v) is 10.6. The first-order valence-corrected chi connectivity index (χ1v) is 5.51. The number of likely N-dealkylation sites (N-methyl/N-ethyl adjacent to an activating group) is 1. The first kappa shape index (κ1) is 11.8. The van der Waals surface area contributed by atoms with Crippen LogP contribution in [0.25, 0.3) is 0 Å². The summed E-state index contributed by atoms with van der Waals surface area (Å²) in [6.07, 6.45) is 0. The van der Waals surface area contributed by atoms with Crippen molar-refractivity contribution in [3.8, 4) is 0 Å². The van der Waals surface area contributed by atoms with Gasteiger partial charge in [0.15, 0.2) is 0 Å². The number of halogens is 2. The molecule has 0 amide bonds. The van der Waals surface area contributed by atoms with Crippen molar-refractivity contribution in [1.29, 1.82) is 0 Å². The summed E-state index contributed by atoms with van der Waals surface area (Å²) in [5.74, 6) is 0. The van der Waals surface area contributed by atoms with Crippen LogP contribution in [0.1, 0.15) is 18.5 Å². The average molecular weight is 275 g/mol. The molecule has 0 fully saturated rings. The Hall–Kier alpha value is -0.310. The number of rotatable bonds is 3. The number of hydrogen-bond acceptors (Lipinski definition) is 1. The van der Waals surface area contributed by atoms with Crippen molar-refractivity contribution in [2.24, 2.45) is 0 Å². The molecule has 76 valence electrons. The second-order valence-corrected chi connectivity index (χ2v) is 4.50. The van der Waals surface area contributed by atoms with Gasteiger partial charge in [-0.1, -0.05) is 29.8 Å². The monoisotopic (exact) mass is 273 g/mol. The van der Waals surface area contributed by atoms with Crippen LogP contribution in [0.3, 0.4) is 0 Å². The van der Waals surface area contributed by atoms with Gasteiger partial charge in [-0.2, -0.15) is 0 Å². The average Bonchev–Trinajstić information content (AvgIpc) is 2.11. The van der Waals surface area contributed by atoms with Gasteiger partial charge in [0.05, 0.1) is 11.1 Å². The highest BCUT2D eigenvalue weighted by molar-refractivity contribution is 9.10. The summed E-state index contributed by atoms with van der Waals surface area (Å²) in [5, 5.41) is 3.92. The summed E-state index contributed by atoms with van der Waals surface area (Å²) < 4.78 is 0.916. The van der Waals surface area contributed by atoms with Crippen LogP contribution in [-0.4, -0.2) is 7.05 Å². The van der Waals surface area contributed by atoms with Crippen LogP contribution in [0, 0.1) is 0 Å². The Morgan fingerprint density at radius 1 is 1.57 bits per heavy atom. The first-order chi connectivity index (χ1) is 6.56. The molecule has 1 rings (SSSR count). The Bertz CT molecular complexity index is 349. The van der Waals surface area contributed by atoms with Crippen LogP contribution < -0.4 is 5.32 Å². The molecular weight excluding hydrogens is 261 g/mol. The van der Waals surface area contributed by atoms with Crippen LogP contribution in [0.5, 0.6) is 0 Å². The number of benzene rings is 1. The van der Waals surface area contributed by atoms with Crippen molar-refractivity contribution in [2.75, 3.05) is 7.05 Å². The van der Waals surface area contributed by atoms with Crippen LogP contribution in [-0.2, 0) is 0 Å². The molecule has 0 bridgehead atoms. The van der Waals surface area contributed by atoms with Gasteiger partial charge in [0.2, 0.25) is 0 Å². The molecule has 1 nitrogen and oxygen atoms in total. The van der Waals surface area contributed by atoms with Gasteiger partial charge >= 0.3 is 0 Å². The standard InChI is InChI=1S/C11H13BrClN/c1-7(2)11(14-3)8-4-5-9(12)10(13)6-8/h4-6,11,14H,1H2,2-3H3. The third-order valence-electron chi connectivity index (χ3n) is 2.06. The van der Waals surface area contributed by atoms with Crippen LogP contribution in [0.2, 0.25) is 5.02 Å². The van der Waals surface area contributed by atoms with Crippen molar-refractivity contribution in [3.63, 3.8) is 0 Å². The largest absolute Gasteiger partial charge is 0.310 e. The summed E-state index contributed by atoms with van der Waals surface area (Å²) >= 11 is 9.38. The van der Waals surface area contributed by atoms with E-state index < -0.39 is 0 Å². The molecule has 3 heteroatoms. The minimum absolute atomic E-state index is 0.167. The summed E-state index contributed by atoms with van der Waals surface area (Å²) in [5.41, 5.74) is 2.21. The van der Waals surface area contributed by atoms with E-state index in [9.17, 15) is 0 Å². The molecule has 14 heavy (non-hydrogen) atoms. The molecule has 0 spiro atoms. The van der Waals surface area contributed by atoms with E-state index in [1.54, 1.807) is 0 Å². The van der Waals surface area contributed by atoms with E-state index in [4.69, 9.17) is 11.6 Å². The third kappa shape index (κ3) is 2.59. The molecule has 0 radical (unpaired) electrons. The van der Waals surface area contributed by atoms with E-state index in [1.165, 1.54) is 0 Å². The van der Waals surface area contributed by atoms with E-state index in [2.05, 4.69) is 27.8 Å².